The lowest BCUT2D eigenvalue weighted by atomic mass is 10.2. The van der Waals surface area contributed by atoms with Gasteiger partial charge in [-0.2, -0.15) is 10.2 Å². The van der Waals surface area contributed by atoms with E-state index in [2.05, 4.69) is 25.8 Å². The lowest BCUT2D eigenvalue weighted by Crippen LogP contribution is -2.29. The Morgan fingerprint density at radius 1 is 1.26 bits per heavy atom. The van der Waals surface area contributed by atoms with E-state index in [1.165, 1.54) is 6.33 Å². The molecule has 0 bridgehead atoms. The van der Waals surface area contributed by atoms with Gasteiger partial charge in [-0.1, -0.05) is 12.1 Å². The Bertz CT molecular complexity index is 790. The number of nitrogens with zero attached hydrogens (tertiary/aromatic N) is 5. The first kappa shape index (κ1) is 14.8. The molecular weight excluding hydrogens is 294 g/mol. The van der Waals surface area contributed by atoms with Crippen molar-refractivity contribution in [2.45, 2.75) is 13.5 Å². The van der Waals surface area contributed by atoms with Crippen LogP contribution in [0.2, 0.25) is 0 Å². The number of aryl methyl sites for hydroxylation is 2. The lowest BCUT2D eigenvalue weighted by molar-refractivity contribution is 0.251. The molecule has 0 aliphatic carbocycles. The number of rotatable bonds is 4. The molecule has 0 unspecified atom stereocenters. The van der Waals surface area contributed by atoms with Crippen molar-refractivity contribution in [1.29, 1.82) is 0 Å². The van der Waals surface area contributed by atoms with Crippen LogP contribution in [0.25, 0.3) is 5.69 Å². The van der Waals surface area contributed by atoms with Gasteiger partial charge < -0.3 is 5.32 Å². The highest BCUT2D eigenvalue weighted by atomic mass is 16.2. The fourth-order valence-corrected chi connectivity index (χ4v) is 2.18. The molecule has 0 fully saturated rings. The molecule has 1 aromatic carbocycles. The van der Waals surface area contributed by atoms with E-state index in [9.17, 15) is 4.79 Å². The summed E-state index contributed by atoms with van der Waals surface area (Å²) in [5, 5.41) is 13.8. The summed E-state index contributed by atoms with van der Waals surface area (Å²) in [4.78, 5) is 15.8. The third-order valence-electron chi connectivity index (χ3n) is 3.32. The average molecular weight is 311 g/mol. The largest absolute Gasteiger partial charge is 0.334 e. The van der Waals surface area contributed by atoms with Gasteiger partial charge in [0.15, 0.2) is 0 Å². The highest BCUT2D eigenvalue weighted by Crippen LogP contribution is 2.09. The molecule has 118 valence electrons. The monoisotopic (exact) mass is 311 g/mol. The fraction of sp³-hybridized carbons (Fsp3) is 0.200. The van der Waals surface area contributed by atoms with Crippen molar-refractivity contribution in [3.8, 4) is 5.69 Å². The molecule has 0 saturated carbocycles. The van der Waals surface area contributed by atoms with Gasteiger partial charge in [0.05, 0.1) is 11.4 Å². The third-order valence-corrected chi connectivity index (χ3v) is 3.32. The number of urea groups is 1. The Morgan fingerprint density at radius 3 is 2.65 bits per heavy atom. The van der Waals surface area contributed by atoms with Crippen LogP contribution < -0.4 is 10.6 Å². The van der Waals surface area contributed by atoms with Crippen molar-refractivity contribution in [2.75, 3.05) is 5.32 Å². The van der Waals surface area contributed by atoms with Gasteiger partial charge in [0.2, 0.25) is 0 Å². The molecule has 8 heteroatoms. The van der Waals surface area contributed by atoms with Crippen LogP contribution >= 0.6 is 0 Å². The van der Waals surface area contributed by atoms with Crippen molar-refractivity contribution in [2.24, 2.45) is 7.05 Å². The Hall–Kier alpha value is -3.16. The van der Waals surface area contributed by atoms with Gasteiger partial charge in [0, 0.05) is 19.7 Å². The van der Waals surface area contributed by atoms with Crippen LogP contribution in [0.4, 0.5) is 10.6 Å². The minimum absolute atomic E-state index is 0.270. The molecule has 2 aromatic heterocycles. The van der Waals surface area contributed by atoms with Gasteiger partial charge in [-0.3, -0.25) is 10.00 Å². The number of amides is 2. The molecule has 0 aliphatic heterocycles. The number of carbonyl (C=O) groups excluding carboxylic acids is 1. The summed E-state index contributed by atoms with van der Waals surface area (Å²) >= 11 is 0. The maximum Gasteiger partial charge on any atom is 0.320 e. The molecule has 2 N–H and O–H groups in total. The molecular formula is C15H17N7O. The number of hydrogen-bond donors (Lipinski definition) is 2. The van der Waals surface area contributed by atoms with Crippen molar-refractivity contribution >= 4 is 11.8 Å². The lowest BCUT2D eigenvalue weighted by Gasteiger charge is -2.08. The Labute approximate surface area is 133 Å². The zero-order valence-electron chi connectivity index (χ0n) is 12.9. The zero-order chi connectivity index (χ0) is 16.2. The minimum atomic E-state index is -0.270. The highest BCUT2D eigenvalue weighted by Gasteiger charge is 2.06. The SMILES string of the molecule is Cc1cc(NC(=O)NCc2ccc(-n3cncn3)cc2)n(C)n1. The van der Waals surface area contributed by atoms with Crippen molar-refractivity contribution in [3.05, 3.63) is 54.2 Å². The first-order chi connectivity index (χ1) is 11.1. The smallest absolute Gasteiger partial charge is 0.320 e. The van der Waals surface area contributed by atoms with Crippen molar-refractivity contribution in [1.82, 2.24) is 29.9 Å². The standard InChI is InChI=1S/C15H17N7O/c1-11-7-14(21(2)20-11)19-15(23)17-8-12-3-5-13(6-4-12)22-10-16-9-18-22/h3-7,9-10H,8H2,1-2H3,(H2,17,19,23). The summed E-state index contributed by atoms with van der Waals surface area (Å²) in [5.74, 6) is 0.654. The molecule has 0 spiro atoms. The third kappa shape index (κ3) is 3.54. The van der Waals surface area contributed by atoms with Crippen LogP contribution in [0.15, 0.2) is 43.0 Å². The number of carbonyl (C=O) groups is 1. The van der Waals surface area contributed by atoms with E-state index in [1.54, 1.807) is 22.7 Å². The van der Waals surface area contributed by atoms with Gasteiger partial charge in [0.1, 0.15) is 18.5 Å². The fourth-order valence-electron chi connectivity index (χ4n) is 2.18. The predicted molar refractivity (Wildman–Crippen MR) is 85.2 cm³/mol. The number of hydrogen-bond acceptors (Lipinski definition) is 4. The normalized spacial score (nSPS) is 10.5. The molecule has 3 aromatic rings. The molecule has 0 atom stereocenters. The number of anilines is 1. The van der Waals surface area contributed by atoms with Crippen molar-refractivity contribution in [3.63, 3.8) is 0 Å². The summed E-state index contributed by atoms with van der Waals surface area (Å²) < 4.78 is 3.30. The first-order valence-corrected chi connectivity index (χ1v) is 7.11. The van der Waals surface area contributed by atoms with Crippen LogP contribution in [0.5, 0.6) is 0 Å². The predicted octanol–water partition coefficient (Wildman–Crippen LogP) is 1.63. The van der Waals surface area contributed by atoms with E-state index >= 15 is 0 Å². The van der Waals surface area contributed by atoms with Gasteiger partial charge in [-0.05, 0) is 24.6 Å². The Kier molecular flexibility index (Phi) is 4.05. The maximum atomic E-state index is 11.9. The van der Waals surface area contributed by atoms with E-state index in [0.29, 0.717) is 12.4 Å². The number of nitrogens with one attached hydrogen (secondary N) is 2. The first-order valence-electron chi connectivity index (χ1n) is 7.11. The second kappa shape index (κ2) is 6.30. The zero-order valence-corrected chi connectivity index (χ0v) is 12.9. The molecule has 0 radical (unpaired) electrons. The number of aromatic nitrogens is 5. The summed E-state index contributed by atoms with van der Waals surface area (Å²) in [5.41, 5.74) is 2.76. The van der Waals surface area contributed by atoms with Crippen LogP contribution in [0.1, 0.15) is 11.3 Å². The molecule has 23 heavy (non-hydrogen) atoms. The van der Waals surface area contributed by atoms with E-state index in [4.69, 9.17) is 0 Å². The molecule has 2 amide bonds. The highest BCUT2D eigenvalue weighted by molar-refractivity contribution is 5.88. The summed E-state index contributed by atoms with van der Waals surface area (Å²) in [7, 11) is 1.78. The van der Waals surface area contributed by atoms with Gasteiger partial charge in [-0.25, -0.2) is 14.5 Å². The van der Waals surface area contributed by atoms with E-state index in [0.717, 1.165) is 16.9 Å². The molecule has 8 nitrogen and oxygen atoms in total. The van der Waals surface area contributed by atoms with Crippen molar-refractivity contribution < 1.29 is 4.79 Å². The summed E-state index contributed by atoms with van der Waals surface area (Å²) in [6.07, 6.45) is 3.12. The Balaban J connectivity index is 1.55. The number of benzene rings is 1. The van der Waals surface area contributed by atoms with Crippen LogP contribution in [0, 0.1) is 6.92 Å². The van der Waals surface area contributed by atoms with E-state index in [1.807, 2.05) is 37.3 Å². The van der Waals surface area contributed by atoms with E-state index < -0.39 is 0 Å². The quantitative estimate of drug-likeness (QED) is 0.766. The van der Waals surface area contributed by atoms with Crippen LogP contribution in [-0.2, 0) is 13.6 Å². The maximum absolute atomic E-state index is 11.9. The van der Waals surface area contributed by atoms with E-state index in [-0.39, 0.29) is 6.03 Å². The summed E-state index contributed by atoms with van der Waals surface area (Å²) in [6, 6.07) is 9.26. The average Bonchev–Trinajstić information content (AvgIpc) is 3.16. The minimum Gasteiger partial charge on any atom is -0.334 e. The van der Waals surface area contributed by atoms with Crippen LogP contribution in [0.3, 0.4) is 0 Å². The van der Waals surface area contributed by atoms with Gasteiger partial charge in [0.25, 0.3) is 0 Å². The second-order valence-corrected chi connectivity index (χ2v) is 5.11. The molecule has 0 saturated heterocycles. The molecule has 2 heterocycles. The van der Waals surface area contributed by atoms with Gasteiger partial charge >= 0.3 is 6.03 Å². The molecule has 3 rings (SSSR count). The molecule has 0 aliphatic rings. The van der Waals surface area contributed by atoms with Crippen LogP contribution in [-0.4, -0.2) is 30.6 Å². The second-order valence-electron chi connectivity index (χ2n) is 5.11. The summed E-state index contributed by atoms with van der Waals surface area (Å²) in [6.45, 7) is 2.31. The van der Waals surface area contributed by atoms with Gasteiger partial charge in [-0.15, -0.1) is 0 Å². The topological polar surface area (TPSA) is 89.7 Å². The Morgan fingerprint density at radius 2 is 2.04 bits per heavy atom.